The molecule has 43 heavy (non-hydrogen) atoms. The first kappa shape index (κ1) is 43.0. The van der Waals surface area contributed by atoms with E-state index in [0.717, 1.165) is 13.2 Å². The molecule has 0 aromatic carbocycles. The quantitative estimate of drug-likeness (QED) is 0.0630. The molecule has 0 radical (unpaired) electrons. The van der Waals surface area contributed by atoms with Gasteiger partial charge >= 0.3 is 0 Å². The summed E-state index contributed by atoms with van der Waals surface area (Å²) in [4.78, 5) is 0. The van der Waals surface area contributed by atoms with E-state index in [0.29, 0.717) is 0 Å². The van der Waals surface area contributed by atoms with Gasteiger partial charge in [0.2, 0.25) is 0 Å². The summed E-state index contributed by atoms with van der Waals surface area (Å²) in [7, 11) is 0. The molecule has 0 saturated carbocycles. The van der Waals surface area contributed by atoms with Crippen LogP contribution >= 0.6 is 0 Å². The fourth-order valence-electron chi connectivity index (χ4n) is 6.67. The van der Waals surface area contributed by atoms with Crippen molar-refractivity contribution in [3.8, 4) is 0 Å². The summed E-state index contributed by atoms with van der Waals surface area (Å²) >= 11 is 0. The maximum Gasteiger partial charge on any atom is 0.0466 e. The van der Waals surface area contributed by atoms with Gasteiger partial charge in [-0.1, -0.05) is 245 Å². The fraction of sp³-hybridized carbons (Fsp3) is 1.00. The molecule has 0 aromatic rings. The van der Waals surface area contributed by atoms with Crippen LogP contribution in [0.5, 0.6) is 0 Å². The van der Waals surface area contributed by atoms with Crippen molar-refractivity contribution in [1.29, 1.82) is 0 Å². The lowest BCUT2D eigenvalue weighted by molar-refractivity contribution is 0.125. The Kier molecular flexibility index (Phi) is 41.9. The fourth-order valence-corrected chi connectivity index (χ4v) is 6.67. The molecule has 0 atom stereocenters. The lowest BCUT2D eigenvalue weighted by Gasteiger charge is -2.05. The van der Waals surface area contributed by atoms with Gasteiger partial charge in [0.15, 0.2) is 0 Å². The molecule has 1 nitrogen and oxygen atoms in total. The maximum absolute atomic E-state index is 5.86. The molecule has 1 heteroatoms. The maximum atomic E-state index is 5.86. The minimum absolute atomic E-state index is 0.996. The number of ether oxygens (including phenoxy) is 1. The highest BCUT2D eigenvalue weighted by Crippen LogP contribution is 2.16. The summed E-state index contributed by atoms with van der Waals surface area (Å²) in [6.45, 7) is 6.60. The Labute approximate surface area is 275 Å². The largest absolute Gasteiger partial charge is 0.381 e. The van der Waals surface area contributed by atoms with Crippen molar-refractivity contribution in [2.75, 3.05) is 13.2 Å². The average molecular weight is 607 g/mol. The van der Waals surface area contributed by atoms with Crippen molar-refractivity contribution < 1.29 is 4.74 Å². The molecule has 260 valence electrons. The molecule has 0 N–H and O–H groups in total. The molecule has 0 heterocycles. The second-order valence-electron chi connectivity index (χ2n) is 14.3. The van der Waals surface area contributed by atoms with E-state index >= 15 is 0 Å². The summed E-state index contributed by atoms with van der Waals surface area (Å²) in [6.07, 6.45) is 55.0. The minimum Gasteiger partial charge on any atom is -0.381 e. The van der Waals surface area contributed by atoms with Crippen LogP contribution < -0.4 is 0 Å². The van der Waals surface area contributed by atoms with Crippen LogP contribution in [0.4, 0.5) is 0 Å². The summed E-state index contributed by atoms with van der Waals surface area (Å²) in [5.41, 5.74) is 0. The Balaban J connectivity index is 3.02. The molecule has 0 unspecified atom stereocenters. The summed E-state index contributed by atoms with van der Waals surface area (Å²) in [5.74, 6) is 0. The standard InChI is InChI=1S/C42H86O/c1-3-5-7-9-11-13-15-16-17-18-19-20-21-22-23-24-25-26-27-28-29-30-31-32-34-36-38-40-42-43-41-39-37-35-33-14-12-10-8-6-4-2/h3-42H2,1-2H3. The SMILES string of the molecule is CCCCCCCCCCCCCCCCCCCCCCCCCCCCCCOCCCCCCCCCCCC. The third-order valence-electron chi connectivity index (χ3n) is 9.78. The van der Waals surface area contributed by atoms with Crippen LogP contribution in [-0.4, -0.2) is 13.2 Å². The van der Waals surface area contributed by atoms with Crippen LogP contribution in [0.1, 0.15) is 258 Å². The van der Waals surface area contributed by atoms with Crippen LogP contribution in [-0.2, 0) is 4.74 Å². The highest BCUT2D eigenvalue weighted by atomic mass is 16.5. The van der Waals surface area contributed by atoms with E-state index in [2.05, 4.69) is 13.8 Å². The first-order chi connectivity index (χ1) is 21.4. The molecule has 0 aliphatic carbocycles. The van der Waals surface area contributed by atoms with E-state index in [1.54, 1.807) is 0 Å². The highest BCUT2D eigenvalue weighted by molar-refractivity contribution is 4.53. The minimum atomic E-state index is 0.996. The van der Waals surface area contributed by atoms with Gasteiger partial charge in [0, 0.05) is 13.2 Å². The zero-order chi connectivity index (χ0) is 31.0. The van der Waals surface area contributed by atoms with Gasteiger partial charge in [-0.15, -0.1) is 0 Å². The number of hydrogen-bond acceptors (Lipinski definition) is 1. The molecular weight excluding hydrogens is 520 g/mol. The van der Waals surface area contributed by atoms with Gasteiger partial charge in [0.25, 0.3) is 0 Å². The molecule has 0 aliphatic heterocycles. The van der Waals surface area contributed by atoms with Crippen LogP contribution in [0.15, 0.2) is 0 Å². The smallest absolute Gasteiger partial charge is 0.0466 e. The van der Waals surface area contributed by atoms with Crippen LogP contribution in [0.3, 0.4) is 0 Å². The second-order valence-corrected chi connectivity index (χ2v) is 14.3. The molecule has 0 spiro atoms. The molecular formula is C42H86O. The zero-order valence-corrected chi connectivity index (χ0v) is 30.7. The predicted molar refractivity (Wildman–Crippen MR) is 198 cm³/mol. The van der Waals surface area contributed by atoms with Crippen molar-refractivity contribution in [3.63, 3.8) is 0 Å². The lowest BCUT2D eigenvalue weighted by Crippen LogP contribution is -1.97. The van der Waals surface area contributed by atoms with Gasteiger partial charge in [0.1, 0.15) is 0 Å². The molecule has 0 bridgehead atoms. The third-order valence-corrected chi connectivity index (χ3v) is 9.78. The van der Waals surface area contributed by atoms with Gasteiger partial charge in [-0.3, -0.25) is 0 Å². The second kappa shape index (κ2) is 42.0. The Bertz CT molecular complexity index is 406. The van der Waals surface area contributed by atoms with Crippen molar-refractivity contribution in [3.05, 3.63) is 0 Å². The van der Waals surface area contributed by atoms with Gasteiger partial charge in [-0.2, -0.15) is 0 Å². The van der Waals surface area contributed by atoms with Gasteiger partial charge < -0.3 is 4.74 Å². The molecule has 0 rings (SSSR count). The first-order valence-corrected chi connectivity index (χ1v) is 21.0. The molecule has 0 saturated heterocycles. The van der Waals surface area contributed by atoms with Crippen molar-refractivity contribution in [2.24, 2.45) is 0 Å². The monoisotopic (exact) mass is 607 g/mol. The Morgan fingerprint density at radius 1 is 0.186 bits per heavy atom. The topological polar surface area (TPSA) is 9.23 Å². The van der Waals surface area contributed by atoms with Gasteiger partial charge in [0.05, 0.1) is 0 Å². The van der Waals surface area contributed by atoms with Crippen molar-refractivity contribution >= 4 is 0 Å². The van der Waals surface area contributed by atoms with Crippen LogP contribution in [0, 0.1) is 0 Å². The normalized spacial score (nSPS) is 11.6. The van der Waals surface area contributed by atoms with Crippen LogP contribution in [0.25, 0.3) is 0 Å². The number of hydrogen-bond donors (Lipinski definition) is 0. The predicted octanol–water partition coefficient (Wildman–Crippen LogP) is 15.9. The summed E-state index contributed by atoms with van der Waals surface area (Å²) < 4.78 is 5.86. The molecule has 0 fully saturated rings. The number of rotatable bonds is 40. The first-order valence-electron chi connectivity index (χ1n) is 21.0. The van der Waals surface area contributed by atoms with Gasteiger partial charge in [-0.05, 0) is 12.8 Å². The van der Waals surface area contributed by atoms with Crippen LogP contribution in [0.2, 0.25) is 0 Å². The molecule has 0 aliphatic rings. The van der Waals surface area contributed by atoms with E-state index in [4.69, 9.17) is 4.74 Å². The lowest BCUT2D eigenvalue weighted by atomic mass is 10.0. The Hall–Kier alpha value is -0.0400. The Morgan fingerprint density at radius 2 is 0.326 bits per heavy atom. The average Bonchev–Trinajstić information content (AvgIpc) is 3.02. The summed E-state index contributed by atoms with van der Waals surface area (Å²) in [6, 6.07) is 0. The van der Waals surface area contributed by atoms with E-state index in [-0.39, 0.29) is 0 Å². The van der Waals surface area contributed by atoms with Gasteiger partial charge in [-0.25, -0.2) is 0 Å². The van der Waals surface area contributed by atoms with E-state index in [9.17, 15) is 0 Å². The zero-order valence-electron chi connectivity index (χ0n) is 30.7. The van der Waals surface area contributed by atoms with Crippen molar-refractivity contribution in [2.45, 2.75) is 258 Å². The molecule has 0 amide bonds. The Morgan fingerprint density at radius 3 is 0.488 bits per heavy atom. The molecule has 0 aromatic heterocycles. The van der Waals surface area contributed by atoms with E-state index in [1.165, 1.54) is 244 Å². The highest BCUT2D eigenvalue weighted by Gasteiger charge is 1.98. The number of unbranched alkanes of at least 4 members (excludes halogenated alkanes) is 36. The summed E-state index contributed by atoms with van der Waals surface area (Å²) in [5, 5.41) is 0. The van der Waals surface area contributed by atoms with Crippen molar-refractivity contribution in [1.82, 2.24) is 0 Å². The van der Waals surface area contributed by atoms with E-state index in [1.807, 2.05) is 0 Å². The third kappa shape index (κ3) is 42.0. The van der Waals surface area contributed by atoms with E-state index < -0.39 is 0 Å².